The fourth-order valence-electron chi connectivity index (χ4n) is 11.5. The Hall–Kier alpha value is -9.78. The van der Waals surface area contributed by atoms with Gasteiger partial charge in [-0.05, 0) is 84.8 Å². The van der Waals surface area contributed by atoms with Crippen LogP contribution in [0.25, 0.3) is 120 Å². The number of anilines is 6. The molecule has 6 nitrogen and oxygen atoms in total. The molecule has 6 heteroatoms. The zero-order valence-electron chi connectivity index (χ0n) is 51.5. The van der Waals surface area contributed by atoms with Crippen LogP contribution in [-0.2, 0) is 0 Å². The van der Waals surface area contributed by atoms with Crippen LogP contribution in [0.5, 0.6) is 0 Å². The molecule has 0 radical (unpaired) electrons. The van der Waals surface area contributed by atoms with Crippen molar-refractivity contribution >= 4 is 154 Å². The first-order valence-electron chi connectivity index (χ1n) is 30.5. The van der Waals surface area contributed by atoms with Gasteiger partial charge in [-0.1, -0.05) is 145 Å². The number of benzene rings is 11. The van der Waals surface area contributed by atoms with Crippen LogP contribution in [0.3, 0.4) is 0 Å². The molecule has 0 fully saturated rings. The van der Waals surface area contributed by atoms with Crippen LogP contribution in [0, 0.1) is 0 Å². The van der Waals surface area contributed by atoms with Crippen LogP contribution in [0.1, 0.15) is 19.2 Å². The molecule has 0 spiro atoms. The number of rotatable bonds is 6. The number of nitrogens with zero attached hydrogens (tertiary/aromatic N) is 4. The smallest absolute Gasteiger partial charge is 0.159 e. The van der Waals surface area contributed by atoms with Gasteiger partial charge in [-0.15, -0.1) is 0 Å². The average Bonchev–Trinajstić information content (AvgIpc) is 1.49. The largest absolute Gasteiger partial charge is 0.454 e. The number of fused-ring (bicyclic) bond motifs is 18. The highest BCUT2D eigenvalue weighted by Crippen LogP contribution is 2.53. The third-order valence-electron chi connectivity index (χ3n) is 14.4. The minimum absolute atomic E-state index is 0.0133. The maximum Gasteiger partial charge on any atom is 0.159 e. The van der Waals surface area contributed by atoms with E-state index >= 15 is 0 Å². The molecule has 0 bridgehead atoms. The van der Waals surface area contributed by atoms with E-state index < -0.39 is 60.4 Å². The Morgan fingerprint density at radius 2 is 0.736 bits per heavy atom. The molecule has 11 aromatic carbocycles. The molecule has 0 N–H and O–H groups in total. The summed E-state index contributed by atoms with van der Waals surface area (Å²) in [5.74, 6) is 0. The summed E-state index contributed by atoms with van der Waals surface area (Å²) in [7, 11) is 0. The lowest BCUT2D eigenvalue weighted by Crippen LogP contribution is -2.10. The Labute approximate surface area is 429 Å². The summed E-state index contributed by atoms with van der Waals surface area (Å²) in [4.78, 5) is 3.50. The lowest BCUT2D eigenvalue weighted by atomic mass is 10.0. The van der Waals surface area contributed by atoms with Crippen molar-refractivity contribution in [2.75, 3.05) is 9.80 Å². The lowest BCUT2D eigenvalue weighted by molar-refractivity contribution is 0.669. The second-order valence-electron chi connectivity index (χ2n) is 18.1. The van der Waals surface area contributed by atoms with Crippen molar-refractivity contribution in [3.63, 3.8) is 0 Å². The Bertz CT molecular complexity index is 5560. The van der Waals surface area contributed by atoms with E-state index in [1.54, 1.807) is 9.80 Å². The van der Waals surface area contributed by atoms with E-state index in [1.807, 2.05) is 146 Å². The molecule has 0 amide bonds. The average molecular weight is 933 g/mol. The van der Waals surface area contributed by atoms with E-state index in [0.29, 0.717) is 45.1 Å². The second-order valence-corrected chi connectivity index (χ2v) is 18.1. The summed E-state index contributed by atoms with van der Waals surface area (Å²) >= 11 is 0. The van der Waals surface area contributed by atoms with Crippen molar-refractivity contribution in [3.05, 3.63) is 230 Å². The summed E-state index contributed by atoms with van der Waals surface area (Å²) in [5.41, 5.74) is 3.99. The molecule has 0 aliphatic carbocycles. The van der Waals surface area contributed by atoms with E-state index in [2.05, 4.69) is 0 Å². The first-order valence-corrected chi connectivity index (χ1v) is 23.5. The van der Waals surface area contributed by atoms with Crippen molar-refractivity contribution in [3.8, 4) is 0 Å². The standard InChI is InChI=1S/C66H38N4O2/c1-3-17-39(18-4-1)67(55-29-15-25-45-41-21-9-13-31-59(41)71-65(45)55)53-35-33-43-49-37-58-50(38-57(49)69-51-27-11-7-23-47(51)61(53)63(43)69)44-34-36-54(62-48-24-8-12-28-52(48)70(58)64(44)62)68(40-19-5-2-6-20-40)56-30-16-26-46-42-22-10-14-32-60(42)72-66(46)56/h1-38H/i7D,8D,11D,12D,23D,24D,27D,28D,33D,34D,35D,36D,37D,38D. The minimum Gasteiger partial charge on any atom is -0.454 e. The fraction of sp³-hybridized carbons (Fsp3) is 0. The van der Waals surface area contributed by atoms with Gasteiger partial charge in [0.05, 0.1) is 75.0 Å². The van der Waals surface area contributed by atoms with Crippen LogP contribution < -0.4 is 9.80 Å². The number of hydrogen-bond acceptors (Lipinski definition) is 4. The van der Waals surface area contributed by atoms with Crippen molar-refractivity contribution in [2.24, 2.45) is 0 Å². The quantitative estimate of drug-likeness (QED) is 0.167. The summed E-state index contributed by atoms with van der Waals surface area (Å²) in [6, 6.07) is 37.9. The number of furan rings is 2. The maximum atomic E-state index is 10.7. The monoisotopic (exact) mass is 932 g/mol. The van der Waals surface area contributed by atoms with E-state index in [0.717, 1.165) is 21.5 Å². The van der Waals surface area contributed by atoms with Crippen molar-refractivity contribution in [1.29, 1.82) is 0 Å². The van der Waals surface area contributed by atoms with Crippen molar-refractivity contribution in [1.82, 2.24) is 8.80 Å². The number of hydrogen-bond donors (Lipinski definition) is 0. The Kier molecular flexibility index (Phi) is 5.31. The predicted octanol–water partition coefficient (Wildman–Crippen LogP) is 18.7. The van der Waals surface area contributed by atoms with E-state index in [1.165, 1.54) is 8.80 Å². The summed E-state index contributed by atoms with van der Waals surface area (Å²) in [6.45, 7) is 0. The van der Waals surface area contributed by atoms with E-state index in [-0.39, 0.29) is 112 Å². The van der Waals surface area contributed by atoms with Gasteiger partial charge in [0.1, 0.15) is 11.2 Å². The highest BCUT2D eigenvalue weighted by atomic mass is 16.3. The first-order chi connectivity index (χ1) is 41.6. The molecular weight excluding hydrogens is 881 g/mol. The van der Waals surface area contributed by atoms with Crippen LogP contribution in [0.4, 0.5) is 34.1 Å². The summed E-state index contributed by atoms with van der Waals surface area (Å²) in [5, 5.41) is 3.22. The third-order valence-corrected chi connectivity index (χ3v) is 14.4. The Morgan fingerprint density at radius 1 is 0.319 bits per heavy atom. The molecule has 17 aromatic rings. The zero-order chi connectivity index (χ0) is 58.9. The number of aromatic nitrogens is 2. The highest BCUT2D eigenvalue weighted by Gasteiger charge is 2.29. The molecule has 0 aliphatic rings. The summed E-state index contributed by atoms with van der Waals surface area (Å²) < 4.78 is 154. The zero-order valence-corrected chi connectivity index (χ0v) is 37.5. The van der Waals surface area contributed by atoms with E-state index in [4.69, 9.17) is 14.3 Å². The lowest BCUT2D eigenvalue weighted by Gasteiger charge is -2.26. The normalized spacial score (nSPS) is 15.2. The molecular formula is C66H38N4O2. The molecule has 0 unspecified atom stereocenters. The van der Waals surface area contributed by atoms with Gasteiger partial charge in [0.15, 0.2) is 11.2 Å². The molecule has 6 heterocycles. The van der Waals surface area contributed by atoms with Crippen molar-refractivity contribution in [2.45, 2.75) is 0 Å². The topological polar surface area (TPSA) is 41.6 Å². The molecule has 0 atom stereocenters. The van der Waals surface area contributed by atoms with Gasteiger partial charge in [-0.3, -0.25) is 0 Å². The SMILES string of the molecule is [2H]c1c([2H])c([2H])c2c(c1[2H])c1c(N(c3ccccc3)c3cccc4c3oc3ccccc34)c([2H])c([2H])c3c4c([2H])c5c(c([2H])c4n2c31)c1c([2H])c([2H])c(N(c2ccccc2)c2cccc3c2oc2ccccc23)c2c3c([2H])c([2H])c([2H])c([2H])c3n5c12. The van der Waals surface area contributed by atoms with Gasteiger partial charge in [0.2, 0.25) is 0 Å². The van der Waals surface area contributed by atoms with Crippen molar-refractivity contribution < 1.29 is 28.0 Å². The minimum atomic E-state index is -0.594. The Balaban J connectivity index is 1.08. The predicted molar refractivity (Wildman–Crippen MR) is 300 cm³/mol. The fourth-order valence-corrected chi connectivity index (χ4v) is 11.5. The third kappa shape index (κ3) is 4.87. The molecule has 17 rings (SSSR count). The van der Waals surface area contributed by atoms with Crippen LogP contribution in [0.15, 0.2) is 239 Å². The number of para-hydroxylation sites is 8. The molecule has 0 aliphatic heterocycles. The van der Waals surface area contributed by atoms with Gasteiger partial charge in [0.25, 0.3) is 0 Å². The molecule has 334 valence electrons. The summed E-state index contributed by atoms with van der Waals surface area (Å²) in [6.07, 6.45) is 0. The molecule has 72 heavy (non-hydrogen) atoms. The Morgan fingerprint density at radius 3 is 1.21 bits per heavy atom. The molecule has 0 saturated carbocycles. The highest BCUT2D eigenvalue weighted by molar-refractivity contribution is 6.32. The van der Waals surface area contributed by atoms with Gasteiger partial charge >= 0.3 is 0 Å². The maximum absolute atomic E-state index is 10.7. The first kappa shape index (κ1) is 27.4. The van der Waals surface area contributed by atoms with Gasteiger partial charge in [-0.2, -0.15) is 0 Å². The van der Waals surface area contributed by atoms with Crippen LogP contribution >= 0.6 is 0 Å². The van der Waals surface area contributed by atoms with Gasteiger partial charge in [0, 0.05) is 76.0 Å². The van der Waals surface area contributed by atoms with Gasteiger partial charge < -0.3 is 27.4 Å². The van der Waals surface area contributed by atoms with Crippen LogP contribution in [0.2, 0.25) is 0 Å². The molecule has 0 saturated heterocycles. The molecule has 6 aromatic heterocycles. The van der Waals surface area contributed by atoms with Gasteiger partial charge in [-0.25, -0.2) is 0 Å². The van der Waals surface area contributed by atoms with Crippen LogP contribution in [-0.4, -0.2) is 8.80 Å². The second kappa shape index (κ2) is 13.9. The van der Waals surface area contributed by atoms with E-state index in [9.17, 15) is 13.7 Å².